The topological polar surface area (TPSA) is 86.4 Å². The van der Waals surface area contributed by atoms with Gasteiger partial charge in [-0.25, -0.2) is 10.1 Å². The molecule has 0 amide bonds. The smallest absolute Gasteiger partial charge is 0.275 e. The predicted octanol–water partition coefficient (Wildman–Crippen LogP) is -0.00370. The highest BCUT2D eigenvalue weighted by Crippen LogP contribution is 2.24. The van der Waals surface area contributed by atoms with Crippen molar-refractivity contribution in [2.45, 2.75) is 5.25 Å². The average molecular weight is 293 g/mol. The quantitative estimate of drug-likeness (QED) is 0.582. The fourth-order valence-electron chi connectivity index (χ4n) is 1.82. The third kappa shape index (κ3) is 3.24. The molecule has 2 rings (SSSR count). The summed E-state index contributed by atoms with van der Waals surface area (Å²) >= 11 is 7.29. The van der Waals surface area contributed by atoms with Crippen LogP contribution in [0.15, 0.2) is 10.1 Å². The van der Waals surface area contributed by atoms with Crippen LogP contribution < -0.4 is 5.32 Å². The Morgan fingerprint density at radius 2 is 2.50 bits per heavy atom. The number of aliphatic imine (C=N–C) groups is 1. The second kappa shape index (κ2) is 5.72. The van der Waals surface area contributed by atoms with Gasteiger partial charge in [-0.2, -0.15) is 0 Å². The van der Waals surface area contributed by atoms with Gasteiger partial charge >= 0.3 is 0 Å². The predicted molar refractivity (Wildman–Crippen MR) is 71.3 cm³/mol. The largest absolute Gasteiger partial charge is 0.328 e. The maximum atomic E-state index is 10.5. The summed E-state index contributed by atoms with van der Waals surface area (Å²) in [5, 5.41) is 16.7. The molecule has 0 bridgehead atoms. The molecule has 2 aliphatic rings. The van der Waals surface area contributed by atoms with E-state index >= 15 is 0 Å². The number of rotatable bonds is 3. The molecule has 1 N–H and O–H groups in total. The number of thioether (sulfide) groups is 1. The molecule has 10 heteroatoms. The Kier molecular flexibility index (Phi) is 4.25. The zero-order valence-electron chi connectivity index (χ0n) is 9.74. The van der Waals surface area contributed by atoms with Gasteiger partial charge in [-0.15, -0.1) is 0 Å². The second-order valence-electron chi connectivity index (χ2n) is 3.96. The number of hydrogen-bond acceptors (Lipinski definition) is 5. The average Bonchev–Trinajstić information content (AvgIpc) is 2.69. The Morgan fingerprint density at radius 1 is 1.72 bits per heavy atom. The van der Waals surface area contributed by atoms with Crippen LogP contribution in [0.1, 0.15) is 0 Å². The highest BCUT2D eigenvalue weighted by molar-refractivity contribution is 8.17. The van der Waals surface area contributed by atoms with Gasteiger partial charge in [-0.1, -0.05) is 23.4 Å². The van der Waals surface area contributed by atoms with Crippen LogP contribution in [-0.4, -0.2) is 64.0 Å². The van der Waals surface area contributed by atoms with Gasteiger partial charge in [0.2, 0.25) is 0 Å². The van der Waals surface area contributed by atoms with Gasteiger partial charge in [0.25, 0.3) is 5.96 Å². The van der Waals surface area contributed by atoms with E-state index in [1.165, 1.54) is 11.8 Å². The fourth-order valence-corrected chi connectivity index (χ4v) is 3.10. The summed E-state index contributed by atoms with van der Waals surface area (Å²) in [6.45, 7) is 2.33. The van der Waals surface area contributed by atoms with Gasteiger partial charge in [-0.05, 0) is 0 Å². The number of hydrogen-bond donors (Lipinski definition) is 1. The third-order valence-electron chi connectivity index (χ3n) is 2.55. The molecule has 0 spiro atoms. The van der Waals surface area contributed by atoms with Crippen molar-refractivity contribution >= 4 is 33.8 Å². The third-order valence-corrected chi connectivity index (χ3v) is 3.90. The molecule has 1 unspecified atom stereocenters. The first-order valence-corrected chi connectivity index (χ1v) is 6.58. The van der Waals surface area contributed by atoms with E-state index < -0.39 is 5.03 Å². The second-order valence-corrected chi connectivity index (χ2v) is 5.83. The molecule has 0 radical (unpaired) electrons. The SMILES string of the molecule is CN1CNCN(CC2CN=C(Cl)S2)C1=N[N+](=O)[O-]. The first-order chi connectivity index (χ1) is 8.56. The normalized spacial score (nSPS) is 26.7. The Hall–Kier alpha value is -1.06. The van der Waals surface area contributed by atoms with Crippen LogP contribution in [0.25, 0.3) is 0 Å². The number of guanidine groups is 1. The highest BCUT2D eigenvalue weighted by Gasteiger charge is 2.28. The minimum Gasteiger partial charge on any atom is -0.328 e. The van der Waals surface area contributed by atoms with Crippen LogP contribution in [0, 0.1) is 10.1 Å². The molecule has 2 aliphatic heterocycles. The van der Waals surface area contributed by atoms with Crippen molar-refractivity contribution in [3.8, 4) is 0 Å². The highest BCUT2D eigenvalue weighted by atomic mass is 35.5. The lowest BCUT2D eigenvalue weighted by molar-refractivity contribution is -0.486. The lowest BCUT2D eigenvalue weighted by Gasteiger charge is -2.36. The van der Waals surface area contributed by atoms with E-state index in [-0.39, 0.29) is 5.25 Å². The van der Waals surface area contributed by atoms with Gasteiger partial charge in [-0.3, -0.25) is 10.3 Å². The molecule has 100 valence electrons. The molecule has 0 aromatic rings. The number of nitrogens with zero attached hydrogens (tertiary/aromatic N) is 5. The molecule has 18 heavy (non-hydrogen) atoms. The van der Waals surface area contributed by atoms with Gasteiger partial charge in [0.05, 0.1) is 19.9 Å². The fraction of sp³-hybridized carbons (Fsp3) is 0.750. The summed E-state index contributed by atoms with van der Waals surface area (Å²) in [5.41, 5.74) is 0. The Morgan fingerprint density at radius 3 is 3.11 bits per heavy atom. The Balaban J connectivity index is 2.02. The van der Waals surface area contributed by atoms with E-state index in [0.29, 0.717) is 36.9 Å². The molecule has 0 aromatic heterocycles. The van der Waals surface area contributed by atoms with Gasteiger partial charge in [0.1, 0.15) is 5.10 Å². The molecule has 0 aromatic carbocycles. The molecule has 8 nitrogen and oxygen atoms in total. The zero-order chi connectivity index (χ0) is 13.1. The van der Waals surface area contributed by atoms with E-state index in [1.54, 1.807) is 11.9 Å². The summed E-state index contributed by atoms with van der Waals surface area (Å²) in [7, 11) is 1.76. The number of halogens is 1. The Labute approximate surface area is 113 Å². The molecule has 1 saturated heterocycles. The molecule has 1 fully saturated rings. The minimum absolute atomic E-state index is 0.211. The van der Waals surface area contributed by atoms with Crippen LogP contribution in [-0.2, 0) is 0 Å². The molecular weight excluding hydrogens is 280 g/mol. The molecule has 0 aliphatic carbocycles. The Bertz CT molecular complexity index is 403. The summed E-state index contributed by atoms with van der Waals surface area (Å²) in [6.07, 6.45) is 0. The van der Waals surface area contributed by atoms with Crippen LogP contribution >= 0.6 is 23.4 Å². The van der Waals surface area contributed by atoms with E-state index in [2.05, 4.69) is 15.4 Å². The zero-order valence-corrected chi connectivity index (χ0v) is 11.3. The lowest BCUT2D eigenvalue weighted by Crippen LogP contribution is -2.57. The van der Waals surface area contributed by atoms with E-state index in [9.17, 15) is 10.1 Å². The van der Waals surface area contributed by atoms with Crippen LogP contribution in [0.3, 0.4) is 0 Å². The van der Waals surface area contributed by atoms with Crippen molar-refractivity contribution in [2.75, 3.05) is 33.5 Å². The summed E-state index contributed by atoms with van der Waals surface area (Å²) in [6, 6.07) is 0. The summed E-state index contributed by atoms with van der Waals surface area (Å²) in [4.78, 5) is 18.2. The maximum Gasteiger partial charge on any atom is 0.275 e. The van der Waals surface area contributed by atoms with E-state index in [4.69, 9.17) is 11.6 Å². The van der Waals surface area contributed by atoms with Gasteiger partial charge < -0.3 is 9.80 Å². The summed E-state index contributed by atoms with van der Waals surface area (Å²) in [5.74, 6) is 0.363. The van der Waals surface area contributed by atoms with E-state index in [0.717, 1.165) is 0 Å². The minimum atomic E-state index is -0.671. The van der Waals surface area contributed by atoms with Crippen molar-refractivity contribution < 1.29 is 5.03 Å². The van der Waals surface area contributed by atoms with Gasteiger partial charge in [0, 0.05) is 18.8 Å². The molecular formula is C8H13ClN6O2S. The molecule has 1 atom stereocenters. The standard InChI is InChI=1S/C8H13ClN6O2S/c1-13-4-10-5-14(8(13)12-15(16)17)3-6-2-11-7(9)18-6/h6,10H,2-5H2,1H3. The van der Waals surface area contributed by atoms with Crippen molar-refractivity contribution in [3.05, 3.63) is 10.1 Å². The summed E-state index contributed by atoms with van der Waals surface area (Å²) < 4.78 is 0.547. The van der Waals surface area contributed by atoms with E-state index in [1.807, 2.05) is 4.90 Å². The first-order valence-electron chi connectivity index (χ1n) is 5.32. The monoisotopic (exact) mass is 292 g/mol. The van der Waals surface area contributed by atoms with Gasteiger partial charge in [0.15, 0.2) is 9.54 Å². The van der Waals surface area contributed by atoms with Crippen LogP contribution in [0.2, 0.25) is 0 Å². The van der Waals surface area contributed by atoms with Crippen molar-refractivity contribution in [1.29, 1.82) is 0 Å². The lowest BCUT2D eigenvalue weighted by atomic mass is 10.3. The van der Waals surface area contributed by atoms with Crippen molar-refractivity contribution in [1.82, 2.24) is 15.1 Å². The molecule has 2 heterocycles. The molecule has 0 saturated carbocycles. The van der Waals surface area contributed by atoms with Crippen LogP contribution in [0.5, 0.6) is 0 Å². The number of nitro groups is 1. The number of hydrazone groups is 1. The maximum absolute atomic E-state index is 10.5. The van der Waals surface area contributed by atoms with Crippen molar-refractivity contribution in [2.24, 2.45) is 10.1 Å². The number of nitrogens with one attached hydrogen (secondary N) is 1. The van der Waals surface area contributed by atoms with Crippen LogP contribution in [0.4, 0.5) is 0 Å². The van der Waals surface area contributed by atoms with Crippen molar-refractivity contribution in [3.63, 3.8) is 0 Å². The first kappa shape index (κ1) is 13.4.